The minimum Gasteiger partial charge on any atom is -0.349 e. The molecule has 9 heteroatoms. The molecule has 114 valence electrons. The van der Waals surface area contributed by atoms with E-state index in [-0.39, 0.29) is 0 Å². The summed E-state index contributed by atoms with van der Waals surface area (Å²) in [6.07, 6.45) is 3.69. The van der Waals surface area contributed by atoms with E-state index in [9.17, 15) is 0 Å². The number of rotatable bonds is 3. The number of aryl methyl sites for hydroxylation is 2. The zero-order valence-corrected chi connectivity index (χ0v) is 13.4. The van der Waals surface area contributed by atoms with Crippen LogP contribution in [-0.4, -0.2) is 55.1 Å². The molecule has 1 saturated heterocycles. The molecule has 1 aliphatic rings. The van der Waals surface area contributed by atoms with Gasteiger partial charge in [-0.15, -0.1) is 10.2 Å². The Hall–Kier alpha value is -2.29. The van der Waals surface area contributed by atoms with Gasteiger partial charge in [0.1, 0.15) is 11.6 Å². The van der Waals surface area contributed by atoms with Crippen molar-refractivity contribution in [2.24, 2.45) is 0 Å². The molecule has 0 bridgehead atoms. The largest absolute Gasteiger partial charge is 0.349 e. The van der Waals surface area contributed by atoms with Crippen LogP contribution in [0.3, 0.4) is 0 Å². The fourth-order valence-corrected chi connectivity index (χ4v) is 3.32. The Balaban J connectivity index is 1.53. The van der Waals surface area contributed by atoms with Crippen molar-refractivity contribution in [3.63, 3.8) is 0 Å². The van der Waals surface area contributed by atoms with Gasteiger partial charge in [0.2, 0.25) is 10.8 Å². The van der Waals surface area contributed by atoms with Gasteiger partial charge >= 0.3 is 0 Å². The summed E-state index contributed by atoms with van der Waals surface area (Å²) in [4.78, 5) is 13.3. The topological polar surface area (TPSA) is 75.3 Å². The summed E-state index contributed by atoms with van der Waals surface area (Å²) in [5, 5.41) is 9.31. The molecule has 1 aliphatic heterocycles. The molecule has 0 amide bonds. The van der Waals surface area contributed by atoms with Crippen LogP contribution in [0.1, 0.15) is 11.6 Å². The van der Waals surface area contributed by atoms with Gasteiger partial charge < -0.3 is 9.80 Å². The summed E-state index contributed by atoms with van der Waals surface area (Å²) in [5.41, 5.74) is 0.813. The maximum Gasteiger partial charge on any atom is 0.205 e. The van der Waals surface area contributed by atoms with Crippen LogP contribution in [0.25, 0.3) is 5.65 Å². The van der Waals surface area contributed by atoms with Gasteiger partial charge in [-0.2, -0.15) is 4.37 Å². The molecule has 0 saturated carbocycles. The first kappa shape index (κ1) is 13.4. The third kappa shape index (κ3) is 2.00. The van der Waals surface area contributed by atoms with Gasteiger partial charge in [-0.3, -0.25) is 4.40 Å². The van der Waals surface area contributed by atoms with Gasteiger partial charge in [0, 0.05) is 44.1 Å². The molecule has 3 aromatic rings. The second kappa shape index (κ2) is 4.87. The first-order valence-corrected chi connectivity index (χ1v) is 7.85. The van der Waals surface area contributed by atoms with E-state index in [0.29, 0.717) is 6.04 Å². The van der Waals surface area contributed by atoms with Crippen molar-refractivity contribution in [3.8, 4) is 0 Å². The fraction of sp³-hybridized carbons (Fsp3) is 0.462. The highest BCUT2D eigenvalue weighted by Crippen LogP contribution is 2.27. The molecule has 0 unspecified atom stereocenters. The van der Waals surface area contributed by atoms with Crippen LogP contribution in [0.15, 0.2) is 12.4 Å². The summed E-state index contributed by atoms with van der Waals surface area (Å²) >= 11 is 1.44. The summed E-state index contributed by atoms with van der Waals surface area (Å²) < 4.78 is 6.21. The minimum absolute atomic E-state index is 0.415. The molecule has 1 fully saturated rings. The molecule has 4 heterocycles. The second-order valence-corrected chi connectivity index (χ2v) is 6.22. The molecule has 4 rings (SSSR count). The second-order valence-electron chi connectivity index (χ2n) is 5.49. The lowest BCUT2D eigenvalue weighted by Crippen LogP contribution is -2.59. The van der Waals surface area contributed by atoms with Crippen molar-refractivity contribution in [2.75, 3.05) is 29.9 Å². The first-order chi connectivity index (χ1) is 10.6. The van der Waals surface area contributed by atoms with E-state index in [1.54, 1.807) is 6.20 Å². The number of hydrogen-bond donors (Lipinski definition) is 0. The van der Waals surface area contributed by atoms with Crippen molar-refractivity contribution >= 4 is 28.1 Å². The summed E-state index contributed by atoms with van der Waals surface area (Å²) in [6.45, 7) is 5.65. The van der Waals surface area contributed by atoms with E-state index >= 15 is 0 Å². The Morgan fingerprint density at radius 2 is 2.09 bits per heavy atom. The normalized spacial score (nSPS) is 15.3. The van der Waals surface area contributed by atoms with Gasteiger partial charge in [-0.1, -0.05) is 0 Å². The SMILES string of the molecule is Cc1nsc(N(C)C2CN(c3nccn4c(C)nnc34)C2)n1. The summed E-state index contributed by atoms with van der Waals surface area (Å²) in [7, 11) is 2.07. The van der Waals surface area contributed by atoms with Crippen molar-refractivity contribution in [1.29, 1.82) is 0 Å². The summed E-state index contributed by atoms with van der Waals surface area (Å²) in [6, 6.07) is 0.415. The third-order valence-electron chi connectivity index (χ3n) is 4.01. The van der Waals surface area contributed by atoms with Gasteiger partial charge in [-0.05, 0) is 13.8 Å². The number of fused-ring (bicyclic) bond motifs is 1. The highest BCUT2D eigenvalue weighted by Gasteiger charge is 2.33. The highest BCUT2D eigenvalue weighted by molar-refractivity contribution is 7.09. The zero-order chi connectivity index (χ0) is 15.3. The standard InChI is InChI=1S/C13H16N8S/c1-8-15-13(22-18-8)19(3)10-6-20(7-10)11-12-17-16-9(2)21(12)5-4-14-11/h4-5,10H,6-7H2,1-3H3. The average Bonchev–Trinajstić information content (AvgIpc) is 3.05. The van der Waals surface area contributed by atoms with E-state index < -0.39 is 0 Å². The molecular weight excluding hydrogens is 300 g/mol. The lowest BCUT2D eigenvalue weighted by atomic mass is 10.1. The molecule has 3 aromatic heterocycles. The molecule has 0 spiro atoms. The fourth-order valence-electron chi connectivity index (χ4n) is 2.61. The van der Waals surface area contributed by atoms with Crippen LogP contribution in [-0.2, 0) is 0 Å². The lowest BCUT2D eigenvalue weighted by Gasteiger charge is -2.44. The number of anilines is 2. The van der Waals surface area contributed by atoms with Gasteiger partial charge in [0.05, 0.1) is 6.04 Å². The monoisotopic (exact) mass is 316 g/mol. The third-order valence-corrected chi connectivity index (χ3v) is 4.91. The van der Waals surface area contributed by atoms with Crippen LogP contribution in [0, 0.1) is 13.8 Å². The Morgan fingerprint density at radius 3 is 2.82 bits per heavy atom. The maximum absolute atomic E-state index is 4.47. The molecule has 0 atom stereocenters. The van der Waals surface area contributed by atoms with Crippen molar-refractivity contribution < 1.29 is 0 Å². The Bertz CT molecular complexity index is 818. The Morgan fingerprint density at radius 1 is 1.27 bits per heavy atom. The Kier molecular flexibility index (Phi) is 2.96. The molecular formula is C13H16N8S. The van der Waals surface area contributed by atoms with Crippen LogP contribution in [0.4, 0.5) is 10.9 Å². The Labute approximate surface area is 131 Å². The smallest absolute Gasteiger partial charge is 0.205 e. The van der Waals surface area contributed by atoms with E-state index in [2.05, 4.69) is 41.4 Å². The van der Waals surface area contributed by atoms with E-state index in [0.717, 1.165) is 41.3 Å². The van der Waals surface area contributed by atoms with Crippen molar-refractivity contribution in [2.45, 2.75) is 19.9 Å². The summed E-state index contributed by atoms with van der Waals surface area (Å²) in [5.74, 6) is 2.59. The molecule has 0 aromatic carbocycles. The predicted octanol–water partition coefficient (Wildman–Crippen LogP) is 0.918. The van der Waals surface area contributed by atoms with Crippen LogP contribution < -0.4 is 9.80 Å². The van der Waals surface area contributed by atoms with Gasteiger partial charge in [0.15, 0.2) is 5.82 Å². The molecule has 8 nitrogen and oxygen atoms in total. The van der Waals surface area contributed by atoms with Crippen molar-refractivity contribution in [1.82, 2.24) is 28.9 Å². The number of aromatic nitrogens is 6. The van der Waals surface area contributed by atoms with Gasteiger partial charge in [0.25, 0.3) is 0 Å². The minimum atomic E-state index is 0.415. The van der Waals surface area contributed by atoms with E-state index in [1.807, 2.05) is 24.4 Å². The predicted molar refractivity (Wildman–Crippen MR) is 84.6 cm³/mol. The lowest BCUT2D eigenvalue weighted by molar-refractivity contribution is 0.492. The average molecular weight is 316 g/mol. The molecule has 0 N–H and O–H groups in total. The molecule has 0 aliphatic carbocycles. The van der Waals surface area contributed by atoms with Crippen molar-refractivity contribution in [3.05, 3.63) is 24.0 Å². The number of nitrogens with zero attached hydrogens (tertiary/aromatic N) is 8. The van der Waals surface area contributed by atoms with E-state index in [1.165, 1.54) is 11.5 Å². The highest BCUT2D eigenvalue weighted by atomic mass is 32.1. The zero-order valence-electron chi connectivity index (χ0n) is 12.6. The van der Waals surface area contributed by atoms with E-state index in [4.69, 9.17) is 0 Å². The quantitative estimate of drug-likeness (QED) is 0.711. The van der Waals surface area contributed by atoms with Crippen LogP contribution in [0.5, 0.6) is 0 Å². The maximum atomic E-state index is 4.47. The first-order valence-electron chi connectivity index (χ1n) is 7.08. The number of likely N-dealkylation sites (N-methyl/N-ethyl adjacent to an activating group) is 1. The van der Waals surface area contributed by atoms with Crippen LogP contribution >= 0.6 is 11.5 Å². The van der Waals surface area contributed by atoms with Crippen LogP contribution in [0.2, 0.25) is 0 Å². The molecule has 22 heavy (non-hydrogen) atoms. The number of hydrogen-bond acceptors (Lipinski definition) is 8. The van der Waals surface area contributed by atoms with Gasteiger partial charge in [-0.25, -0.2) is 9.97 Å². The molecule has 0 radical (unpaired) electrons.